The molecule has 6 heteroatoms. The number of nitrogens with zero attached hydrogens (tertiary/aromatic N) is 1. The van der Waals surface area contributed by atoms with Gasteiger partial charge < -0.3 is 15.2 Å². The van der Waals surface area contributed by atoms with Crippen LogP contribution in [-0.2, 0) is 9.53 Å². The SMILES string of the molecule is C=CCN(CCNC(=O)OC(C)(C)C)CC(=O)O. The van der Waals surface area contributed by atoms with Gasteiger partial charge in [0.15, 0.2) is 0 Å². The Labute approximate surface area is 108 Å². The van der Waals surface area contributed by atoms with Gasteiger partial charge >= 0.3 is 12.1 Å². The van der Waals surface area contributed by atoms with Gasteiger partial charge in [-0.3, -0.25) is 9.69 Å². The van der Waals surface area contributed by atoms with E-state index in [0.29, 0.717) is 19.6 Å². The van der Waals surface area contributed by atoms with Crippen molar-refractivity contribution in [2.45, 2.75) is 26.4 Å². The van der Waals surface area contributed by atoms with E-state index in [4.69, 9.17) is 9.84 Å². The molecule has 1 amide bonds. The van der Waals surface area contributed by atoms with Crippen LogP contribution in [0.25, 0.3) is 0 Å². The number of nitrogens with one attached hydrogen (secondary N) is 1. The second kappa shape index (κ2) is 7.71. The topological polar surface area (TPSA) is 78.9 Å². The molecule has 0 atom stereocenters. The summed E-state index contributed by atoms with van der Waals surface area (Å²) in [6.45, 7) is 10.0. The summed E-state index contributed by atoms with van der Waals surface area (Å²) in [6, 6.07) is 0. The van der Waals surface area contributed by atoms with Crippen LogP contribution in [0.5, 0.6) is 0 Å². The lowest BCUT2D eigenvalue weighted by Gasteiger charge is -2.21. The molecule has 0 aromatic rings. The first-order valence-electron chi connectivity index (χ1n) is 5.76. The maximum Gasteiger partial charge on any atom is 0.407 e. The van der Waals surface area contributed by atoms with E-state index in [1.54, 1.807) is 31.7 Å². The van der Waals surface area contributed by atoms with Crippen LogP contribution in [-0.4, -0.2) is 53.8 Å². The maximum atomic E-state index is 11.3. The van der Waals surface area contributed by atoms with Crippen LogP contribution in [0, 0.1) is 0 Å². The average Bonchev–Trinajstić information content (AvgIpc) is 2.13. The minimum absolute atomic E-state index is 0.0813. The summed E-state index contributed by atoms with van der Waals surface area (Å²) in [5.41, 5.74) is -0.536. The highest BCUT2D eigenvalue weighted by molar-refractivity contribution is 5.69. The number of carboxylic acids is 1. The number of aliphatic carboxylic acids is 1. The van der Waals surface area contributed by atoms with Gasteiger partial charge in [-0.25, -0.2) is 4.79 Å². The Morgan fingerprint density at radius 2 is 2.06 bits per heavy atom. The standard InChI is InChI=1S/C12H22N2O4/c1-5-7-14(9-10(15)16)8-6-13-11(17)18-12(2,3)4/h5H,1,6-9H2,2-4H3,(H,13,17)(H,15,16). The summed E-state index contributed by atoms with van der Waals surface area (Å²) in [5, 5.41) is 11.3. The number of alkyl carbamates (subject to hydrolysis) is 1. The van der Waals surface area contributed by atoms with Gasteiger partial charge in [0.1, 0.15) is 5.60 Å². The Hall–Kier alpha value is -1.56. The van der Waals surface area contributed by atoms with E-state index in [-0.39, 0.29) is 6.54 Å². The zero-order chi connectivity index (χ0) is 14.2. The lowest BCUT2D eigenvalue weighted by atomic mass is 10.2. The molecule has 0 radical (unpaired) electrons. The van der Waals surface area contributed by atoms with Crippen molar-refractivity contribution >= 4 is 12.1 Å². The number of ether oxygens (including phenoxy) is 1. The van der Waals surface area contributed by atoms with E-state index >= 15 is 0 Å². The molecular formula is C12H22N2O4. The van der Waals surface area contributed by atoms with Gasteiger partial charge in [0.2, 0.25) is 0 Å². The van der Waals surface area contributed by atoms with Crippen LogP contribution in [0.15, 0.2) is 12.7 Å². The van der Waals surface area contributed by atoms with Crippen molar-refractivity contribution in [3.63, 3.8) is 0 Å². The monoisotopic (exact) mass is 258 g/mol. The van der Waals surface area contributed by atoms with Crippen LogP contribution in [0.1, 0.15) is 20.8 Å². The van der Waals surface area contributed by atoms with Gasteiger partial charge in [-0.15, -0.1) is 6.58 Å². The normalized spacial score (nSPS) is 11.1. The molecular weight excluding hydrogens is 236 g/mol. The number of amides is 1. The number of carbonyl (C=O) groups excluding carboxylic acids is 1. The summed E-state index contributed by atoms with van der Waals surface area (Å²) < 4.78 is 5.06. The second-order valence-electron chi connectivity index (χ2n) is 4.85. The fourth-order valence-corrected chi connectivity index (χ4v) is 1.24. The van der Waals surface area contributed by atoms with Gasteiger partial charge in [-0.05, 0) is 20.8 Å². The van der Waals surface area contributed by atoms with Crippen molar-refractivity contribution in [2.75, 3.05) is 26.2 Å². The lowest BCUT2D eigenvalue weighted by molar-refractivity contribution is -0.138. The summed E-state index contributed by atoms with van der Waals surface area (Å²) in [4.78, 5) is 23.6. The third kappa shape index (κ3) is 9.65. The molecule has 2 N–H and O–H groups in total. The molecule has 0 heterocycles. The molecule has 0 aliphatic rings. The number of carboxylic acid groups (broad SMARTS) is 1. The highest BCUT2D eigenvalue weighted by Crippen LogP contribution is 2.06. The van der Waals surface area contributed by atoms with Gasteiger partial charge in [-0.2, -0.15) is 0 Å². The molecule has 0 rings (SSSR count). The minimum Gasteiger partial charge on any atom is -0.480 e. The van der Waals surface area contributed by atoms with Crippen molar-refractivity contribution in [2.24, 2.45) is 0 Å². The molecule has 0 saturated heterocycles. The van der Waals surface area contributed by atoms with E-state index < -0.39 is 17.7 Å². The third-order valence-corrected chi connectivity index (χ3v) is 1.84. The van der Waals surface area contributed by atoms with Gasteiger partial charge in [0.05, 0.1) is 6.54 Å². The molecule has 0 aliphatic heterocycles. The quantitative estimate of drug-likeness (QED) is 0.668. The predicted molar refractivity (Wildman–Crippen MR) is 68.5 cm³/mol. The van der Waals surface area contributed by atoms with Gasteiger partial charge in [0.25, 0.3) is 0 Å². The molecule has 0 aromatic heterocycles. The number of hydrogen-bond acceptors (Lipinski definition) is 4. The van der Waals surface area contributed by atoms with E-state index in [9.17, 15) is 9.59 Å². The van der Waals surface area contributed by atoms with Crippen LogP contribution in [0.3, 0.4) is 0 Å². The molecule has 0 saturated carbocycles. The molecule has 0 unspecified atom stereocenters. The van der Waals surface area contributed by atoms with E-state index in [1.165, 1.54) is 0 Å². The first-order valence-corrected chi connectivity index (χ1v) is 5.76. The third-order valence-electron chi connectivity index (χ3n) is 1.84. The predicted octanol–water partition coefficient (Wildman–Crippen LogP) is 1.08. The summed E-state index contributed by atoms with van der Waals surface area (Å²) in [5.74, 6) is -0.908. The highest BCUT2D eigenvalue weighted by Gasteiger charge is 2.16. The zero-order valence-corrected chi connectivity index (χ0v) is 11.2. The van der Waals surface area contributed by atoms with Crippen LogP contribution in [0.4, 0.5) is 4.79 Å². The summed E-state index contributed by atoms with van der Waals surface area (Å²) in [6.07, 6.45) is 1.12. The van der Waals surface area contributed by atoms with E-state index in [1.807, 2.05) is 0 Å². The molecule has 0 spiro atoms. The molecule has 0 aliphatic carbocycles. The van der Waals surface area contributed by atoms with E-state index in [0.717, 1.165) is 0 Å². The highest BCUT2D eigenvalue weighted by atomic mass is 16.6. The number of carbonyl (C=O) groups is 2. The minimum atomic E-state index is -0.908. The lowest BCUT2D eigenvalue weighted by Crippen LogP contribution is -2.39. The largest absolute Gasteiger partial charge is 0.480 e. The molecule has 104 valence electrons. The maximum absolute atomic E-state index is 11.3. The zero-order valence-electron chi connectivity index (χ0n) is 11.2. The molecule has 0 bridgehead atoms. The smallest absolute Gasteiger partial charge is 0.407 e. The summed E-state index contributed by atoms with van der Waals surface area (Å²) >= 11 is 0. The molecule has 6 nitrogen and oxygen atoms in total. The van der Waals surface area contributed by atoms with Crippen LogP contribution < -0.4 is 5.32 Å². The Morgan fingerprint density at radius 3 is 2.50 bits per heavy atom. The van der Waals surface area contributed by atoms with Crippen LogP contribution >= 0.6 is 0 Å². The van der Waals surface area contributed by atoms with Crippen molar-refractivity contribution in [1.82, 2.24) is 10.2 Å². The number of hydrogen-bond donors (Lipinski definition) is 2. The van der Waals surface area contributed by atoms with Crippen molar-refractivity contribution in [1.29, 1.82) is 0 Å². The Morgan fingerprint density at radius 1 is 1.44 bits per heavy atom. The van der Waals surface area contributed by atoms with Crippen molar-refractivity contribution in [3.05, 3.63) is 12.7 Å². The molecule has 18 heavy (non-hydrogen) atoms. The first kappa shape index (κ1) is 16.4. The van der Waals surface area contributed by atoms with E-state index in [2.05, 4.69) is 11.9 Å². The Bertz CT molecular complexity index is 297. The first-order chi connectivity index (χ1) is 8.24. The van der Waals surface area contributed by atoms with Crippen molar-refractivity contribution < 1.29 is 19.4 Å². The van der Waals surface area contributed by atoms with Gasteiger partial charge in [-0.1, -0.05) is 6.08 Å². The summed E-state index contributed by atoms with van der Waals surface area (Å²) in [7, 11) is 0. The molecule has 0 aromatic carbocycles. The average molecular weight is 258 g/mol. The number of rotatable bonds is 7. The Balaban J connectivity index is 3.94. The second-order valence-corrected chi connectivity index (χ2v) is 4.85. The fraction of sp³-hybridized carbons (Fsp3) is 0.667. The van der Waals surface area contributed by atoms with Crippen molar-refractivity contribution in [3.8, 4) is 0 Å². The van der Waals surface area contributed by atoms with Crippen LogP contribution in [0.2, 0.25) is 0 Å². The van der Waals surface area contributed by atoms with Gasteiger partial charge in [0, 0.05) is 19.6 Å². The Kier molecular flexibility index (Phi) is 7.04. The fourth-order valence-electron chi connectivity index (χ4n) is 1.24. The molecule has 0 fully saturated rings.